The molecule has 0 aromatic heterocycles. The summed E-state index contributed by atoms with van der Waals surface area (Å²) in [6.45, 7) is 0. The van der Waals surface area contributed by atoms with Gasteiger partial charge in [-0.1, -0.05) is 0 Å². The van der Waals surface area contributed by atoms with E-state index in [1.807, 2.05) is 0 Å². The Morgan fingerprint density at radius 2 is 1.67 bits per heavy atom. The number of halogens is 4. The molecule has 0 atom stereocenters. The molecule has 0 radical (unpaired) electrons. The van der Waals surface area contributed by atoms with Crippen molar-refractivity contribution in [2.75, 3.05) is 5.88 Å². The molecule has 0 heterocycles. The van der Waals surface area contributed by atoms with Crippen molar-refractivity contribution in [1.82, 2.24) is 0 Å². The van der Waals surface area contributed by atoms with Gasteiger partial charge in [-0.3, -0.25) is 0 Å². The van der Waals surface area contributed by atoms with Crippen LogP contribution in [0.25, 0.3) is 0 Å². The summed E-state index contributed by atoms with van der Waals surface area (Å²) < 4.78 is 34.0. The van der Waals surface area contributed by atoms with Crippen LogP contribution in [0.15, 0.2) is 0 Å². The lowest BCUT2D eigenvalue weighted by molar-refractivity contribution is -0.135. The summed E-state index contributed by atoms with van der Waals surface area (Å²) in [5, 5.41) is 0. The second-order valence-electron chi connectivity index (χ2n) is 1.76. The van der Waals surface area contributed by atoms with Gasteiger partial charge >= 0.3 is 6.18 Å². The average molecular weight is 161 g/mol. The maximum Gasteiger partial charge on any atom is 0.389 e. The van der Waals surface area contributed by atoms with Crippen molar-refractivity contribution in [3.63, 3.8) is 0 Å². The second kappa shape index (κ2) is 3.99. The summed E-state index contributed by atoms with van der Waals surface area (Å²) in [7, 11) is 0. The smallest absolute Gasteiger partial charge is 0.171 e. The molecule has 0 nitrogen and oxygen atoms in total. The highest BCUT2D eigenvalue weighted by atomic mass is 35.5. The molecule has 0 saturated heterocycles. The first-order valence-electron chi connectivity index (χ1n) is 2.69. The van der Waals surface area contributed by atoms with Crippen LogP contribution in [0.5, 0.6) is 0 Å². The monoisotopic (exact) mass is 160 g/mol. The molecule has 0 aromatic carbocycles. The van der Waals surface area contributed by atoms with Crippen LogP contribution in [0.3, 0.4) is 0 Å². The van der Waals surface area contributed by atoms with Crippen molar-refractivity contribution in [3.05, 3.63) is 0 Å². The molecule has 56 valence electrons. The van der Waals surface area contributed by atoms with E-state index in [1.165, 1.54) is 0 Å². The van der Waals surface area contributed by atoms with Gasteiger partial charge in [-0.25, -0.2) is 0 Å². The van der Waals surface area contributed by atoms with Gasteiger partial charge in [0.2, 0.25) is 0 Å². The minimum atomic E-state index is -4.01. The zero-order valence-corrected chi connectivity index (χ0v) is 5.60. The van der Waals surface area contributed by atoms with Gasteiger partial charge in [0.05, 0.1) is 0 Å². The summed E-state index contributed by atoms with van der Waals surface area (Å²) >= 11 is 5.16. The van der Waals surface area contributed by atoms with Crippen LogP contribution in [0, 0.1) is 0 Å². The van der Waals surface area contributed by atoms with E-state index in [-0.39, 0.29) is 6.42 Å². The largest absolute Gasteiger partial charge is 0.389 e. The topological polar surface area (TPSA) is 0 Å². The Morgan fingerprint density at radius 1 is 1.11 bits per heavy atom. The van der Waals surface area contributed by atoms with Gasteiger partial charge in [-0.15, -0.1) is 11.6 Å². The summed E-state index contributed by atoms with van der Waals surface area (Å²) in [6, 6.07) is 0. The Bertz CT molecular complexity index is 69.1. The van der Waals surface area contributed by atoms with Crippen molar-refractivity contribution in [2.45, 2.75) is 25.4 Å². The van der Waals surface area contributed by atoms with E-state index in [9.17, 15) is 13.2 Å². The van der Waals surface area contributed by atoms with Crippen molar-refractivity contribution in [1.29, 1.82) is 0 Å². The van der Waals surface area contributed by atoms with Gasteiger partial charge in [-0.05, 0) is 12.8 Å². The number of hydrogen-bond acceptors (Lipinski definition) is 0. The minimum Gasteiger partial charge on any atom is -0.171 e. The summed E-state index contributed by atoms with van der Waals surface area (Å²) in [5.74, 6) is 0.316. The van der Waals surface area contributed by atoms with Gasteiger partial charge in [0, 0.05) is 12.3 Å². The molecule has 0 aromatic rings. The Morgan fingerprint density at radius 3 is 2.00 bits per heavy atom. The van der Waals surface area contributed by atoms with Crippen molar-refractivity contribution in [3.8, 4) is 0 Å². The zero-order valence-electron chi connectivity index (χ0n) is 4.84. The highest BCUT2D eigenvalue weighted by Gasteiger charge is 2.25. The SMILES string of the molecule is FC(F)(F)CCCCCl. The second-order valence-corrected chi connectivity index (χ2v) is 2.14. The van der Waals surface area contributed by atoms with Gasteiger partial charge in [0.1, 0.15) is 0 Å². The van der Waals surface area contributed by atoms with Crippen LogP contribution in [0.2, 0.25) is 0 Å². The maximum atomic E-state index is 11.3. The van der Waals surface area contributed by atoms with E-state index in [2.05, 4.69) is 0 Å². The first-order valence-corrected chi connectivity index (χ1v) is 3.22. The van der Waals surface area contributed by atoms with Crippen LogP contribution in [0.1, 0.15) is 19.3 Å². The summed E-state index contributed by atoms with van der Waals surface area (Å²) in [4.78, 5) is 0. The van der Waals surface area contributed by atoms with Gasteiger partial charge in [-0.2, -0.15) is 13.2 Å². The molecule has 0 N–H and O–H groups in total. The number of rotatable bonds is 3. The van der Waals surface area contributed by atoms with Gasteiger partial charge in [0.15, 0.2) is 0 Å². The van der Waals surface area contributed by atoms with Crippen LogP contribution in [-0.2, 0) is 0 Å². The predicted octanol–water partition coefficient (Wildman–Crippen LogP) is 2.96. The fraction of sp³-hybridized carbons (Fsp3) is 1.00. The summed E-state index contributed by atoms with van der Waals surface area (Å²) in [5.41, 5.74) is 0. The lowest BCUT2D eigenvalue weighted by Crippen LogP contribution is -2.06. The standard InChI is InChI=1S/C5H8ClF3/c6-4-2-1-3-5(7,8)9/h1-4H2. The molecule has 0 rings (SSSR count). The van der Waals surface area contributed by atoms with E-state index in [0.29, 0.717) is 12.3 Å². The molecule has 0 spiro atoms. The normalized spacial score (nSPS) is 12.0. The van der Waals surface area contributed by atoms with Crippen LogP contribution >= 0.6 is 11.6 Å². The first-order chi connectivity index (χ1) is 4.06. The third kappa shape index (κ3) is 8.08. The number of alkyl halides is 4. The average Bonchev–Trinajstić information content (AvgIpc) is 1.63. The van der Waals surface area contributed by atoms with Gasteiger partial charge in [0.25, 0.3) is 0 Å². The van der Waals surface area contributed by atoms with Crippen LogP contribution < -0.4 is 0 Å². The zero-order chi connectivity index (χ0) is 7.33. The molecule has 0 saturated carbocycles. The molecule has 0 aliphatic rings. The molecule has 0 bridgehead atoms. The van der Waals surface area contributed by atoms with Crippen molar-refractivity contribution < 1.29 is 13.2 Å². The van der Waals surface area contributed by atoms with Crippen LogP contribution in [0.4, 0.5) is 13.2 Å². The molecule has 0 fully saturated rings. The minimum absolute atomic E-state index is 0.146. The third-order valence-electron chi connectivity index (χ3n) is 0.844. The Labute approximate surface area is 57.0 Å². The molecule has 0 unspecified atom stereocenters. The fourth-order valence-electron chi connectivity index (χ4n) is 0.420. The molecule has 4 heteroatoms. The number of unbranched alkanes of at least 4 members (excludes halogenated alkanes) is 1. The summed E-state index contributed by atoms with van der Waals surface area (Å²) in [6.07, 6.45) is -4.13. The Kier molecular flexibility index (Phi) is 4.02. The fourth-order valence-corrected chi connectivity index (χ4v) is 0.609. The highest BCUT2D eigenvalue weighted by Crippen LogP contribution is 2.21. The number of hydrogen-bond donors (Lipinski definition) is 0. The van der Waals surface area contributed by atoms with E-state index in [1.54, 1.807) is 0 Å². The van der Waals surface area contributed by atoms with Crippen molar-refractivity contribution in [2.24, 2.45) is 0 Å². The Hall–Kier alpha value is 0.0800. The molecule has 0 aliphatic carbocycles. The quantitative estimate of drug-likeness (QED) is 0.440. The van der Waals surface area contributed by atoms with E-state index in [4.69, 9.17) is 11.6 Å². The molecule has 0 aliphatic heterocycles. The van der Waals surface area contributed by atoms with Gasteiger partial charge < -0.3 is 0 Å². The van der Waals surface area contributed by atoms with Crippen molar-refractivity contribution >= 4 is 11.6 Å². The maximum absolute atomic E-state index is 11.3. The lowest BCUT2D eigenvalue weighted by Gasteiger charge is -2.02. The predicted molar refractivity (Wildman–Crippen MR) is 30.6 cm³/mol. The van der Waals surface area contributed by atoms with E-state index < -0.39 is 12.6 Å². The Balaban J connectivity index is 3.07. The van der Waals surface area contributed by atoms with E-state index in [0.717, 1.165) is 0 Å². The highest BCUT2D eigenvalue weighted by molar-refractivity contribution is 6.17. The molecular formula is C5H8ClF3. The van der Waals surface area contributed by atoms with E-state index >= 15 is 0 Å². The lowest BCUT2D eigenvalue weighted by atomic mass is 10.2. The molecular weight excluding hydrogens is 153 g/mol. The third-order valence-corrected chi connectivity index (χ3v) is 1.11. The molecule has 9 heavy (non-hydrogen) atoms. The first kappa shape index (κ1) is 9.08. The molecule has 0 amide bonds. The van der Waals surface area contributed by atoms with Crippen LogP contribution in [-0.4, -0.2) is 12.1 Å².